The number of hydrogen-bond acceptors (Lipinski definition) is 3. The highest BCUT2D eigenvalue weighted by Gasteiger charge is 2.09. The highest BCUT2D eigenvalue weighted by atomic mass is 16.3. The third kappa shape index (κ3) is 1.72. The first-order chi connectivity index (χ1) is 8.78. The SMILES string of the molecule is Cc1nc2ccccc2n1Cc1ccc(C=O)o1. The predicted octanol–water partition coefficient (Wildman–Crippen LogP) is 2.80. The van der Waals surface area contributed by atoms with Crippen molar-refractivity contribution in [3.05, 3.63) is 53.7 Å². The van der Waals surface area contributed by atoms with Gasteiger partial charge in [0.25, 0.3) is 0 Å². The molecule has 3 aromatic rings. The van der Waals surface area contributed by atoms with E-state index < -0.39 is 0 Å². The molecule has 0 bridgehead atoms. The van der Waals surface area contributed by atoms with Crippen molar-refractivity contribution in [1.82, 2.24) is 9.55 Å². The Morgan fingerprint density at radius 1 is 1.28 bits per heavy atom. The second-order valence-electron chi connectivity index (χ2n) is 4.16. The van der Waals surface area contributed by atoms with Crippen LogP contribution < -0.4 is 0 Å². The summed E-state index contributed by atoms with van der Waals surface area (Å²) < 4.78 is 7.47. The van der Waals surface area contributed by atoms with Gasteiger partial charge in [-0.1, -0.05) is 12.1 Å². The Hall–Kier alpha value is -2.36. The Morgan fingerprint density at radius 2 is 2.11 bits per heavy atom. The maximum absolute atomic E-state index is 10.6. The molecule has 18 heavy (non-hydrogen) atoms. The number of para-hydroxylation sites is 2. The number of rotatable bonds is 3. The zero-order valence-corrected chi connectivity index (χ0v) is 9.96. The smallest absolute Gasteiger partial charge is 0.185 e. The molecule has 4 nitrogen and oxygen atoms in total. The maximum Gasteiger partial charge on any atom is 0.185 e. The van der Waals surface area contributed by atoms with Gasteiger partial charge in [0.15, 0.2) is 12.0 Å². The van der Waals surface area contributed by atoms with Gasteiger partial charge in [-0.3, -0.25) is 4.79 Å². The van der Waals surface area contributed by atoms with E-state index in [2.05, 4.69) is 9.55 Å². The molecule has 90 valence electrons. The van der Waals surface area contributed by atoms with Crippen molar-refractivity contribution in [1.29, 1.82) is 0 Å². The summed E-state index contributed by atoms with van der Waals surface area (Å²) in [6, 6.07) is 11.5. The number of carbonyl (C=O) groups excluding carboxylic acids is 1. The number of aromatic nitrogens is 2. The van der Waals surface area contributed by atoms with E-state index >= 15 is 0 Å². The van der Waals surface area contributed by atoms with Crippen LogP contribution in [0.5, 0.6) is 0 Å². The number of aryl methyl sites for hydroxylation is 1. The topological polar surface area (TPSA) is 48.0 Å². The summed E-state index contributed by atoms with van der Waals surface area (Å²) in [6.07, 6.45) is 0.711. The number of nitrogens with zero attached hydrogens (tertiary/aromatic N) is 2. The maximum atomic E-state index is 10.6. The standard InChI is InChI=1S/C14H12N2O2/c1-10-15-13-4-2-3-5-14(13)16(10)8-11-6-7-12(9-17)18-11/h2-7,9H,8H2,1H3. The van der Waals surface area contributed by atoms with Gasteiger partial charge in [-0.15, -0.1) is 0 Å². The molecule has 1 aromatic carbocycles. The second kappa shape index (κ2) is 4.14. The lowest BCUT2D eigenvalue weighted by Gasteiger charge is -2.03. The molecular formula is C14H12N2O2. The summed E-state index contributed by atoms with van der Waals surface area (Å²) in [5.41, 5.74) is 2.04. The first-order valence-corrected chi connectivity index (χ1v) is 5.73. The Balaban J connectivity index is 2.03. The van der Waals surface area contributed by atoms with E-state index in [0.29, 0.717) is 18.6 Å². The Kier molecular flexibility index (Phi) is 2.48. The van der Waals surface area contributed by atoms with Crippen molar-refractivity contribution in [3.63, 3.8) is 0 Å². The first kappa shape index (κ1) is 10.8. The number of fused-ring (bicyclic) bond motifs is 1. The van der Waals surface area contributed by atoms with E-state index in [-0.39, 0.29) is 0 Å². The van der Waals surface area contributed by atoms with Crippen LogP contribution in [0.15, 0.2) is 40.8 Å². The molecular weight excluding hydrogens is 228 g/mol. The van der Waals surface area contributed by atoms with Gasteiger partial charge in [0.2, 0.25) is 0 Å². The highest BCUT2D eigenvalue weighted by molar-refractivity contribution is 5.76. The van der Waals surface area contributed by atoms with Crippen molar-refractivity contribution in [2.75, 3.05) is 0 Å². The summed E-state index contributed by atoms with van der Waals surface area (Å²) in [5.74, 6) is 2.04. The number of carbonyl (C=O) groups is 1. The zero-order valence-electron chi connectivity index (χ0n) is 9.96. The Labute approximate surface area is 104 Å². The average molecular weight is 240 g/mol. The summed E-state index contributed by atoms with van der Waals surface area (Å²) in [5, 5.41) is 0. The summed E-state index contributed by atoms with van der Waals surface area (Å²) in [6.45, 7) is 2.55. The van der Waals surface area contributed by atoms with Gasteiger partial charge < -0.3 is 8.98 Å². The fourth-order valence-corrected chi connectivity index (χ4v) is 2.09. The fraction of sp³-hybridized carbons (Fsp3) is 0.143. The van der Waals surface area contributed by atoms with Crippen LogP contribution in [-0.4, -0.2) is 15.8 Å². The molecule has 0 N–H and O–H groups in total. The van der Waals surface area contributed by atoms with Crippen molar-refractivity contribution < 1.29 is 9.21 Å². The van der Waals surface area contributed by atoms with Gasteiger partial charge in [0.05, 0.1) is 17.6 Å². The third-order valence-corrected chi connectivity index (χ3v) is 2.96. The van der Waals surface area contributed by atoms with E-state index in [9.17, 15) is 4.79 Å². The van der Waals surface area contributed by atoms with Crippen LogP contribution in [0.2, 0.25) is 0 Å². The molecule has 0 amide bonds. The molecule has 4 heteroatoms. The zero-order chi connectivity index (χ0) is 12.5. The van der Waals surface area contributed by atoms with Crippen LogP contribution in [0.25, 0.3) is 11.0 Å². The normalized spacial score (nSPS) is 10.9. The van der Waals surface area contributed by atoms with Crippen LogP contribution in [0.1, 0.15) is 22.1 Å². The number of hydrogen-bond donors (Lipinski definition) is 0. The van der Waals surface area contributed by atoms with Crippen LogP contribution in [0.3, 0.4) is 0 Å². The van der Waals surface area contributed by atoms with Crippen LogP contribution in [0.4, 0.5) is 0 Å². The molecule has 2 heterocycles. The van der Waals surface area contributed by atoms with Gasteiger partial charge in [0.1, 0.15) is 11.6 Å². The lowest BCUT2D eigenvalue weighted by atomic mass is 10.3. The van der Waals surface area contributed by atoms with Crippen molar-refractivity contribution in [2.24, 2.45) is 0 Å². The van der Waals surface area contributed by atoms with Crippen molar-refractivity contribution in [3.8, 4) is 0 Å². The molecule has 0 aliphatic rings. The number of benzene rings is 1. The van der Waals surface area contributed by atoms with Crippen LogP contribution >= 0.6 is 0 Å². The largest absolute Gasteiger partial charge is 0.456 e. The predicted molar refractivity (Wildman–Crippen MR) is 67.7 cm³/mol. The van der Waals surface area contributed by atoms with Gasteiger partial charge in [-0.25, -0.2) is 4.98 Å². The van der Waals surface area contributed by atoms with E-state index in [1.165, 1.54) is 0 Å². The average Bonchev–Trinajstić information content (AvgIpc) is 2.96. The lowest BCUT2D eigenvalue weighted by molar-refractivity contribution is 0.109. The molecule has 0 atom stereocenters. The van der Waals surface area contributed by atoms with Crippen LogP contribution in [0, 0.1) is 6.92 Å². The number of furan rings is 1. The van der Waals surface area contributed by atoms with Gasteiger partial charge in [-0.05, 0) is 31.2 Å². The summed E-state index contributed by atoms with van der Waals surface area (Å²) in [4.78, 5) is 15.1. The quantitative estimate of drug-likeness (QED) is 0.661. The summed E-state index contributed by atoms with van der Waals surface area (Å²) >= 11 is 0. The van der Waals surface area contributed by atoms with Crippen LogP contribution in [-0.2, 0) is 6.54 Å². The second-order valence-corrected chi connectivity index (χ2v) is 4.16. The molecule has 0 aliphatic carbocycles. The first-order valence-electron chi connectivity index (χ1n) is 5.73. The molecule has 0 radical (unpaired) electrons. The molecule has 0 spiro atoms. The molecule has 2 aromatic heterocycles. The number of aldehydes is 1. The lowest BCUT2D eigenvalue weighted by Crippen LogP contribution is -2.00. The Bertz CT molecular complexity index is 709. The molecule has 0 unspecified atom stereocenters. The third-order valence-electron chi connectivity index (χ3n) is 2.96. The van der Waals surface area contributed by atoms with Gasteiger partial charge in [0, 0.05) is 0 Å². The summed E-state index contributed by atoms with van der Waals surface area (Å²) in [7, 11) is 0. The van der Waals surface area contributed by atoms with Crippen molar-refractivity contribution >= 4 is 17.3 Å². The minimum absolute atomic E-state index is 0.354. The molecule has 0 saturated carbocycles. The molecule has 0 aliphatic heterocycles. The van der Waals surface area contributed by atoms with E-state index in [0.717, 1.165) is 22.6 Å². The fourth-order valence-electron chi connectivity index (χ4n) is 2.09. The molecule has 0 saturated heterocycles. The van der Waals surface area contributed by atoms with Crippen molar-refractivity contribution in [2.45, 2.75) is 13.5 Å². The Morgan fingerprint density at radius 3 is 2.89 bits per heavy atom. The minimum Gasteiger partial charge on any atom is -0.456 e. The molecule has 0 fully saturated rings. The van der Waals surface area contributed by atoms with Gasteiger partial charge >= 0.3 is 0 Å². The van der Waals surface area contributed by atoms with Gasteiger partial charge in [-0.2, -0.15) is 0 Å². The monoisotopic (exact) mass is 240 g/mol. The minimum atomic E-state index is 0.354. The van der Waals surface area contributed by atoms with E-state index in [1.807, 2.05) is 37.3 Å². The molecule has 3 rings (SSSR count). The van der Waals surface area contributed by atoms with E-state index in [1.54, 1.807) is 6.07 Å². The number of imidazole rings is 1. The highest BCUT2D eigenvalue weighted by Crippen LogP contribution is 2.18. The van der Waals surface area contributed by atoms with E-state index in [4.69, 9.17) is 4.42 Å².